The van der Waals surface area contributed by atoms with Crippen molar-refractivity contribution in [3.05, 3.63) is 17.5 Å². The van der Waals surface area contributed by atoms with E-state index in [1.54, 1.807) is 16.6 Å². The number of hydrogen-bond donors (Lipinski definition) is 2. The zero-order chi connectivity index (χ0) is 11.7. The summed E-state index contributed by atoms with van der Waals surface area (Å²) in [7, 11) is 1.55. The molecule has 1 aliphatic rings. The van der Waals surface area contributed by atoms with Crippen LogP contribution in [0.4, 0.5) is 4.79 Å². The van der Waals surface area contributed by atoms with Gasteiger partial charge in [-0.05, 0) is 0 Å². The number of aromatic nitrogens is 2. The Labute approximate surface area is 91.6 Å². The maximum atomic E-state index is 11.4. The lowest BCUT2D eigenvalue weighted by Gasteiger charge is -2.27. The van der Waals surface area contributed by atoms with Crippen molar-refractivity contribution in [2.75, 3.05) is 13.6 Å². The molecule has 0 saturated heterocycles. The van der Waals surface area contributed by atoms with Crippen LogP contribution in [0.25, 0.3) is 0 Å². The Hall–Kier alpha value is -2.05. The number of fused-ring (bicyclic) bond motifs is 1. The average molecular weight is 224 g/mol. The average Bonchev–Trinajstić information content (AvgIpc) is 2.70. The molecule has 0 bridgehead atoms. The summed E-state index contributed by atoms with van der Waals surface area (Å²) in [6.07, 6.45) is 1.32. The van der Waals surface area contributed by atoms with Gasteiger partial charge in [-0.3, -0.25) is 4.68 Å². The van der Waals surface area contributed by atoms with Gasteiger partial charge in [0, 0.05) is 13.6 Å². The van der Waals surface area contributed by atoms with Gasteiger partial charge in [0.05, 0.1) is 25.0 Å². The third-order valence-corrected chi connectivity index (χ3v) is 2.60. The lowest BCUT2D eigenvalue weighted by Crippen LogP contribution is -2.43. The van der Waals surface area contributed by atoms with Crippen LogP contribution in [0.1, 0.15) is 16.1 Å². The number of carboxylic acids is 1. The van der Waals surface area contributed by atoms with E-state index in [0.29, 0.717) is 18.8 Å². The summed E-state index contributed by atoms with van der Waals surface area (Å²) in [4.78, 5) is 23.9. The fourth-order valence-corrected chi connectivity index (χ4v) is 1.76. The first-order valence-corrected chi connectivity index (χ1v) is 4.88. The van der Waals surface area contributed by atoms with Gasteiger partial charge in [0.2, 0.25) is 0 Å². The molecule has 2 amide bonds. The monoisotopic (exact) mass is 224 g/mol. The Morgan fingerprint density at radius 1 is 1.50 bits per heavy atom. The van der Waals surface area contributed by atoms with E-state index in [9.17, 15) is 9.59 Å². The van der Waals surface area contributed by atoms with E-state index in [4.69, 9.17) is 5.11 Å². The Balaban J connectivity index is 2.27. The van der Waals surface area contributed by atoms with E-state index in [2.05, 4.69) is 10.4 Å². The molecular formula is C9H12N4O3. The van der Waals surface area contributed by atoms with Gasteiger partial charge in [0.15, 0.2) is 0 Å². The summed E-state index contributed by atoms with van der Waals surface area (Å²) in [5.74, 6) is -1.01. The van der Waals surface area contributed by atoms with Crippen LogP contribution in [0.3, 0.4) is 0 Å². The molecule has 2 N–H and O–H groups in total. The minimum absolute atomic E-state index is 0.161. The number of carboxylic acid groups (broad SMARTS) is 1. The molecule has 0 aliphatic carbocycles. The van der Waals surface area contributed by atoms with Crippen LogP contribution in [0.2, 0.25) is 0 Å². The molecule has 0 radical (unpaired) electrons. The molecular weight excluding hydrogens is 212 g/mol. The van der Waals surface area contributed by atoms with E-state index < -0.39 is 5.97 Å². The summed E-state index contributed by atoms with van der Waals surface area (Å²) in [5, 5.41) is 15.4. The number of nitrogens with one attached hydrogen (secondary N) is 1. The second kappa shape index (κ2) is 3.84. The molecule has 0 unspecified atom stereocenters. The third kappa shape index (κ3) is 1.60. The summed E-state index contributed by atoms with van der Waals surface area (Å²) >= 11 is 0. The number of nitrogens with zero attached hydrogens (tertiary/aromatic N) is 3. The number of carbonyl (C=O) groups excluding carboxylic acids is 1. The molecule has 2 rings (SSSR count). The molecule has 7 heteroatoms. The zero-order valence-electron chi connectivity index (χ0n) is 8.80. The third-order valence-electron chi connectivity index (χ3n) is 2.60. The van der Waals surface area contributed by atoms with Gasteiger partial charge in [0.25, 0.3) is 0 Å². The van der Waals surface area contributed by atoms with Gasteiger partial charge >= 0.3 is 12.0 Å². The minimum Gasteiger partial charge on any atom is -0.478 e. The van der Waals surface area contributed by atoms with E-state index >= 15 is 0 Å². The molecule has 0 atom stereocenters. The lowest BCUT2D eigenvalue weighted by atomic mass is 10.2. The zero-order valence-corrected chi connectivity index (χ0v) is 8.80. The molecule has 0 saturated carbocycles. The predicted molar refractivity (Wildman–Crippen MR) is 54.1 cm³/mol. The minimum atomic E-state index is -1.01. The molecule has 1 aromatic heterocycles. The van der Waals surface area contributed by atoms with Crippen LogP contribution in [0.15, 0.2) is 6.20 Å². The standard InChI is InChI=1S/C9H12N4O3/c1-10-9(16)12-2-3-13-7(5-12)6(4-11-13)8(14)15/h4H,2-3,5H2,1H3,(H,10,16)(H,14,15). The van der Waals surface area contributed by atoms with E-state index in [0.717, 1.165) is 0 Å². The van der Waals surface area contributed by atoms with E-state index in [1.807, 2.05) is 0 Å². The molecule has 0 aromatic carbocycles. The Morgan fingerprint density at radius 2 is 2.25 bits per heavy atom. The molecule has 7 nitrogen and oxygen atoms in total. The van der Waals surface area contributed by atoms with Gasteiger partial charge in [-0.15, -0.1) is 0 Å². The van der Waals surface area contributed by atoms with Crippen molar-refractivity contribution in [1.82, 2.24) is 20.0 Å². The lowest BCUT2D eigenvalue weighted by molar-refractivity contribution is 0.0693. The topological polar surface area (TPSA) is 87.5 Å². The van der Waals surface area contributed by atoms with Crippen LogP contribution in [-0.2, 0) is 13.1 Å². The normalized spacial score (nSPS) is 14.4. The van der Waals surface area contributed by atoms with E-state index in [1.165, 1.54) is 6.20 Å². The molecule has 86 valence electrons. The Morgan fingerprint density at radius 3 is 2.88 bits per heavy atom. The molecule has 0 spiro atoms. The SMILES string of the molecule is CNC(=O)N1CCn2ncc(C(=O)O)c2C1. The smallest absolute Gasteiger partial charge is 0.339 e. The first-order valence-electron chi connectivity index (χ1n) is 4.88. The second-order valence-corrected chi connectivity index (χ2v) is 3.51. The van der Waals surface area contributed by atoms with Gasteiger partial charge < -0.3 is 15.3 Å². The predicted octanol–water partition coefficient (Wildman–Crippen LogP) is -0.264. The summed E-state index contributed by atoms with van der Waals surface area (Å²) < 4.78 is 1.63. The Bertz CT molecular complexity index is 440. The number of hydrogen-bond acceptors (Lipinski definition) is 3. The van der Waals surface area contributed by atoms with Gasteiger partial charge in [-0.2, -0.15) is 5.10 Å². The van der Waals surface area contributed by atoms with Gasteiger partial charge in [-0.1, -0.05) is 0 Å². The molecule has 2 heterocycles. The molecule has 0 fully saturated rings. The van der Waals surface area contributed by atoms with Crippen molar-refractivity contribution < 1.29 is 14.7 Å². The van der Waals surface area contributed by atoms with Crippen LogP contribution < -0.4 is 5.32 Å². The number of urea groups is 1. The largest absolute Gasteiger partial charge is 0.478 e. The van der Waals surface area contributed by atoms with Crippen molar-refractivity contribution in [3.63, 3.8) is 0 Å². The maximum absolute atomic E-state index is 11.4. The molecule has 16 heavy (non-hydrogen) atoms. The highest BCUT2D eigenvalue weighted by molar-refractivity contribution is 5.88. The number of amides is 2. The van der Waals surface area contributed by atoms with Crippen molar-refractivity contribution in [1.29, 1.82) is 0 Å². The number of rotatable bonds is 1. The summed E-state index contributed by atoms with van der Waals surface area (Å²) in [6.45, 7) is 1.34. The van der Waals surface area contributed by atoms with Crippen molar-refractivity contribution in [2.24, 2.45) is 0 Å². The first kappa shape index (κ1) is 10.5. The summed E-state index contributed by atoms with van der Waals surface area (Å²) in [6, 6.07) is -0.205. The fraction of sp³-hybridized carbons (Fsp3) is 0.444. The van der Waals surface area contributed by atoms with Crippen LogP contribution >= 0.6 is 0 Å². The van der Waals surface area contributed by atoms with Gasteiger partial charge in [-0.25, -0.2) is 9.59 Å². The fourth-order valence-electron chi connectivity index (χ4n) is 1.76. The van der Waals surface area contributed by atoms with Crippen LogP contribution in [-0.4, -0.2) is 45.4 Å². The van der Waals surface area contributed by atoms with Crippen molar-refractivity contribution in [2.45, 2.75) is 13.1 Å². The molecule has 1 aromatic rings. The van der Waals surface area contributed by atoms with Crippen LogP contribution in [0.5, 0.6) is 0 Å². The highest BCUT2D eigenvalue weighted by Gasteiger charge is 2.25. The maximum Gasteiger partial charge on any atom is 0.339 e. The van der Waals surface area contributed by atoms with Crippen molar-refractivity contribution in [3.8, 4) is 0 Å². The van der Waals surface area contributed by atoms with Crippen LogP contribution in [0, 0.1) is 0 Å². The summed E-state index contributed by atoms with van der Waals surface area (Å²) in [5.41, 5.74) is 0.732. The highest BCUT2D eigenvalue weighted by atomic mass is 16.4. The first-order chi connectivity index (χ1) is 7.63. The second-order valence-electron chi connectivity index (χ2n) is 3.51. The van der Waals surface area contributed by atoms with Gasteiger partial charge in [0.1, 0.15) is 5.56 Å². The van der Waals surface area contributed by atoms with E-state index in [-0.39, 0.29) is 18.1 Å². The quantitative estimate of drug-likeness (QED) is 0.687. The highest BCUT2D eigenvalue weighted by Crippen LogP contribution is 2.16. The van der Waals surface area contributed by atoms with Crippen molar-refractivity contribution >= 4 is 12.0 Å². The number of carbonyl (C=O) groups is 2. The number of aromatic carboxylic acids is 1. The Kier molecular flexibility index (Phi) is 2.51. The molecule has 1 aliphatic heterocycles.